The fourth-order valence-electron chi connectivity index (χ4n) is 7.52. The zero-order chi connectivity index (χ0) is 31.6. The van der Waals surface area contributed by atoms with Gasteiger partial charge in [0.1, 0.15) is 0 Å². The highest BCUT2D eigenvalue weighted by Gasteiger charge is 2.11. The van der Waals surface area contributed by atoms with E-state index in [1.165, 1.54) is 181 Å². The van der Waals surface area contributed by atoms with Gasteiger partial charge in [0.25, 0.3) is 0 Å². The van der Waals surface area contributed by atoms with Gasteiger partial charge in [0.15, 0.2) is 0 Å². The van der Waals surface area contributed by atoms with Gasteiger partial charge in [-0.05, 0) is 105 Å². The summed E-state index contributed by atoms with van der Waals surface area (Å²) in [5, 5.41) is 11.2. The van der Waals surface area contributed by atoms with Crippen LogP contribution in [0, 0.1) is 0 Å². The van der Waals surface area contributed by atoms with Gasteiger partial charge in [0.05, 0.1) is 0 Å². The van der Waals surface area contributed by atoms with Crippen LogP contribution < -0.4 is 0 Å². The molecule has 0 aliphatic carbocycles. The van der Waals surface area contributed by atoms with Gasteiger partial charge >= 0.3 is 0 Å². The van der Waals surface area contributed by atoms with Gasteiger partial charge in [0, 0.05) is 19.2 Å². The molecule has 0 atom stereocenters. The Kier molecular flexibility index (Phi) is 12.5. The van der Waals surface area contributed by atoms with Crippen LogP contribution in [-0.4, -0.2) is 0 Å². The molecule has 0 aliphatic rings. The van der Waals surface area contributed by atoms with Crippen LogP contribution >= 0.6 is 22.7 Å². The van der Waals surface area contributed by atoms with Crippen molar-refractivity contribution in [3.05, 3.63) is 70.4 Å². The fraction of sp³-hybridized carbons (Fsp3) is 0.500. The molecule has 0 unspecified atom stereocenters. The van der Waals surface area contributed by atoms with E-state index in [2.05, 4.69) is 74.5 Å². The largest absolute Gasteiger partial charge is 0.140 e. The highest BCUT2D eigenvalue weighted by molar-refractivity contribution is 7.19. The third kappa shape index (κ3) is 8.53. The molecule has 6 rings (SSSR count). The molecule has 2 heteroatoms. The Labute approximate surface area is 286 Å². The van der Waals surface area contributed by atoms with Crippen molar-refractivity contribution in [2.45, 2.75) is 142 Å². The summed E-state index contributed by atoms with van der Waals surface area (Å²) in [6, 6.07) is 24.3. The van der Waals surface area contributed by atoms with Crippen molar-refractivity contribution in [1.82, 2.24) is 0 Å². The molecule has 0 saturated heterocycles. The van der Waals surface area contributed by atoms with Crippen molar-refractivity contribution in [2.24, 2.45) is 0 Å². The standard InChI is InChI=1S/C44H56S2/c1-3-5-7-9-11-13-15-17-19-21-37-27-35-29-41-33(31-43(35)45-37)23-25-40-39(41)26-24-34-32-44-36(30-42(34)40)28-38(46-44)22-20-18-16-14-12-10-8-6-4-2/h23-32H,3-22H2,1-2H3. The zero-order valence-electron chi connectivity index (χ0n) is 28.7. The summed E-state index contributed by atoms with van der Waals surface area (Å²) in [7, 11) is 0. The number of aryl methyl sites for hydroxylation is 2. The Hall–Kier alpha value is -2.42. The maximum Gasteiger partial charge on any atom is 0.0352 e. The minimum Gasteiger partial charge on any atom is -0.140 e. The zero-order valence-corrected chi connectivity index (χ0v) is 30.4. The fourth-order valence-corrected chi connectivity index (χ4v) is 9.79. The molecule has 4 aromatic carbocycles. The van der Waals surface area contributed by atoms with Crippen LogP contribution in [-0.2, 0) is 12.8 Å². The Balaban J connectivity index is 1.11. The molecular weight excluding hydrogens is 593 g/mol. The first-order valence-electron chi connectivity index (χ1n) is 19.0. The number of hydrogen-bond acceptors (Lipinski definition) is 2. The number of benzene rings is 4. The first kappa shape index (κ1) is 33.5. The molecule has 2 heterocycles. The van der Waals surface area contributed by atoms with Crippen LogP contribution in [0.5, 0.6) is 0 Å². The quantitative estimate of drug-likeness (QED) is 0.0571. The average molecular weight is 649 g/mol. The van der Waals surface area contributed by atoms with Crippen LogP contribution in [0.4, 0.5) is 0 Å². The first-order chi connectivity index (χ1) is 22.7. The molecule has 0 aliphatic heterocycles. The smallest absolute Gasteiger partial charge is 0.0352 e. The molecule has 0 N–H and O–H groups in total. The molecule has 2 aromatic heterocycles. The summed E-state index contributed by atoms with van der Waals surface area (Å²) in [6.07, 6.45) is 27.6. The van der Waals surface area contributed by atoms with E-state index >= 15 is 0 Å². The van der Waals surface area contributed by atoms with E-state index in [1.54, 1.807) is 9.75 Å². The maximum absolute atomic E-state index is 2.48. The van der Waals surface area contributed by atoms with Gasteiger partial charge in [-0.3, -0.25) is 0 Å². The van der Waals surface area contributed by atoms with E-state index in [9.17, 15) is 0 Å². The van der Waals surface area contributed by atoms with Crippen LogP contribution in [0.2, 0.25) is 0 Å². The minimum atomic E-state index is 1.23. The lowest BCUT2D eigenvalue weighted by molar-refractivity contribution is 0.565. The second kappa shape index (κ2) is 17.1. The van der Waals surface area contributed by atoms with E-state index in [0.717, 1.165) is 0 Å². The van der Waals surface area contributed by atoms with Gasteiger partial charge in [-0.2, -0.15) is 0 Å². The predicted octanol–water partition coefficient (Wildman–Crippen LogP) is 15.7. The van der Waals surface area contributed by atoms with Crippen molar-refractivity contribution in [2.75, 3.05) is 0 Å². The molecule has 0 radical (unpaired) electrons. The van der Waals surface area contributed by atoms with E-state index in [0.29, 0.717) is 0 Å². The van der Waals surface area contributed by atoms with Crippen molar-refractivity contribution < 1.29 is 0 Å². The second-order valence-corrected chi connectivity index (χ2v) is 16.4. The van der Waals surface area contributed by atoms with E-state index in [-0.39, 0.29) is 0 Å². The predicted molar refractivity (Wildman–Crippen MR) is 212 cm³/mol. The summed E-state index contributed by atoms with van der Waals surface area (Å²) in [6.45, 7) is 4.60. The number of thiophene rings is 2. The maximum atomic E-state index is 2.48. The number of hydrogen-bond donors (Lipinski definition) is 0. The second-order valence-electron chi connectivity index (χ2n) is 14.0. The topological polar surface area (TPSA) is 0 Å². The Morgan fingerprint density at radius 3 is 1.11 bits per heavy atom. The third-order valence-electron chi connectivity index (χ3n) is 10.3. The molecular formula is C44H56S2. The highest BCUT2D eigenvalue weighted by Crippen LogP contribution is 2.39. The Morgan fingerprint density at radius 1 is 0.348 bits per heavy atom. The highest BCUT2D eigenvalue weighted by atomic mass is 32.1. The molecule has 0 bridgehead atoms. The summed E-state index contributed by atoms with van der Waals surface area (Å²) < 4.78 is 2.89. The summed E-state index contributed by atoms with van der Waals surface area (Å²) in [5.74, 6) is 0. The molecule has 46 heavy (non-hydrogen) atoms. The lowest BCUT2D eigenvalue weighted by atomic mass is 9.96. The minimum absolute atomic E-state index is 1.23. The van der Waals surface area contributed by atoms with Gasteiger partial charge in [-0.1, -0.05) is 141 Å². The molecule has 244 valence electrons. The third-order valence-corrected chi connectivity index (χ3v) is 12.6. The SMILES string of the molecule is CCCCCCCCCCCc1cc2cc3c(ccc4c5cc6cc(CCCCCCCCCCC)sc6cc5ccc34)cc2s1. The van der Waals surface area contributed by atoms with Crippen LogP contribution in [0.25, 0.3) is 52.5 Å². The van der Waals surface area contributed by atoms with Crippen molar-refractivity contribution in [3.63, 3.8) is 0 Å². The van der Waals surface area contributed by atoms with Crippen LogP contribution in [0.1, 0.15) is 139 Å². The Bertz CT molecular complexity index is 1700. The number of fused-ring (bicyclic) bond motifs is 7. The number of rotatable bonds is 20. The molecule has 0 spiro atoms. The molecule has 0 amide bonds. The Morgan fingerprint density at radius 2 is 0.717 bits per heavy atom. The first-order valence-corrected chi connectivity index (χ1v) is 20.6. The number of unbranched alkanes of at least 4 members (excludes halogenated alkanes) is 16. The monoisotopic (exact) mass is 648 g/mol. The van der Waals surface area contributed by atoms with Gasteiger partial charge in [-0.15, -0.1) is 22.7 Å². The molecule has 0 fully saturated rings. The van der Waals surface area contributed by atoms with Gasteiger partial charge < -0.3 is 0 Å². The van der Waals surface area contributed by atoms with Crippen molar-refractivity contribution >= 4 is 75.2 Å². The molecule has 0 saturated carbocycles. The van der Waals surface area contributed by atoms with Crippen LogP contribution in [0.15, 0.2) is 60.7 Å². The molecule has 0 nitrogen and oxygen atoms in total. The van der Waals surface area contributed by atoms with Gasteiger partial charge in [0.2, 0.25) is 0 Å². The summed E-state index contributed by atoms with van der Waals surface area (Å²) in [4.78, 5) is 3.11. The normalized spacial score (nSPS) is 12.1. The lowest BCUT2D eigenvalue weighted by Crippen LogP contribution is -1.83. The lowest BCUT2D eigenvalue weighted by Gasteiger charge is -2.08. The summed E-state index contributed by atoms with van der Waals surface area (Å²) >= 11 is 4.03. The van der Waals surface area contributed by atoms with E-state index in [1.807, 2.05) is 22.7 Å². The van der Waals surface area contributed by atoms with Crippen molar-refractivity contribution in [1.29, 1.82) is 0 Å². The van der Waals surface area contributed by atoms with Crippen molar-refractivity contribution in [3.8, 4) is 0 Å². The molecule has 6 aromatic rings. The average Bonchev–Trinajstić information content (AvgIpc) is 3.66. The van der Waals surface area contributed by atoms with E-state index in [4.69, 9.17) is 0 Å². The summed E-state index contributed by atoms with van der Waals surface area (Å²) in [5.41, 5.74) is 0. The van der Waals surface area contributed by atoms with E-state index < -0.39 is 0 Å². The van der Waals surface area contributed by atoms with Crippen LogP contribution in [0.3, 0.4) is 0 Å². The van der Waals surface area contributed by atoms with Gasteiger partial charge in [-0.25, -0.2) is 0 Å².